The lowest BCUT2D eigenvalue weighted by molar-refractivity contribution is -0.126. The molecule has 1 fully saturated rings. The molecule has 1 aliphatic rings. The molecule has 6 nitrogen and oxygen atoms in total. The normalized spacial score (nSPS) is 19.4. The van der Waals surface area contributed by atoms with Crippen LogP contribution in [0.3, 0.4) is 0 Å². The second kappa shape index (κ2) is 8.41. The molecule has 0 bridgehead atoms. The Kier molecular flexibility index (Phi) is 6.18. The first kappa shape index (κ1) is 19.9. The van der Waals surface area contributed by atoms with Gasteiger partial charge in [0.15, 0.2) is 0 Å². The van der Waals surface area contributed by atoms with Crippen LogP contribution in [0.5, 0.6) is 5.75 Å². The van der Waals surface area contributed by atoms with E-state index in [0.717, 1.165) is 11.3 Å². The number of nitrogens with zero attached hydrogens (tertiary/aromatic N) is 1. The van der Waals surface area contributed by atoms with Crippen LogP contribution < -0.4 is 10.1 Å². The van der Waals surface area contributed by atoms with Gasteiger partial charge in [0.05, 0.1) is 19.1 Å². The highest BCUT2D eigenvalue weighted by atomic mass is 32.2. The number of piperidine rings is 1. The maximum atomic E-state index is 12.7. The zero-order chi connectivity index (χ0) is 19.4. The van der Waals surface area contributed by atoms with E-state index < -0.39 is 10.0 Å². The van der Waals surface area contributed by atoms with Crippen molar-refractivity contribution in [1.29, 1.82) is 0 Å². The lowest BCUT2D eigenvalue weighted by Crippen LogP contribution is -2.45. The molecule has 2 atom stereocenters. The Morgan fingerprint density at radius 2 is 2.04 bits per heavy atom. The predicted molar refractivity (Wildman–Crippen MR) is 105 cm³/mol. The Morgan fingerprint density at radius 1 is 1.30 bits per heavy atom. The second-order valence-corrected chi connectivity index (χ2v) is 9.75. The van der Waals surface area contributed by atoms with Crippen molar-refractivity contribution < 1.29 is 17.9 Å². The van der Waals surface area contributed by atoms with Crippen molar-refractivity contribution in [2.45, 2.75) is 30.0 Å². The van der Waals surface area contributed by atoms with Crippen molar-refractivity contribution in [3.05, 3.63) is 47.3 Å². The van der Waals surface area contributed by atoms with Crippen molar-refractivity contribution >= 4 is 27.3 Å². The molecule has 0 aliphatic carbocycles. The standard InChI is InChI=1S/C19H24N2O4S2/c1-14(15-7-9-17(25-2)10-8-15)20-19(22)16-5-3-11-21(13-16)27(23,24)18-6-4-12-26-18/h4,6-10,12,14,16H,3,5,11,13H2,1-2H3,(H,20,22)/t14-,16-/m0/s1. The van der Waals surface area contributed by atoms with E-state index >= 15 is 0 Å². The number of amides is 1. The molecule has 0 spiro atoms. The Hall–Kier alpha value is -1.90. The molecule has 2 aromatic rings. The number of carbonyl (C=O) groups is 1. The van der Waals surface area contributed by atoms with Gasteiger partial charge in [0, 0.05) is 13.1 Å². The van der Waals surface area contributed by atoms with Crippen LogP contribution in [0.4, 0.5) is 0 Å². The van der Waals surface area contributed by atoms with Crippen molar-refractivity contribution in [3.8, 4) is 5.75 Å². The summed E-state index contributed by atoms with van der Waals surface area (Å²) in [5, 5.41) is 4.76. The third-order valence-electron chi connectivity index (χ3n) is 4.82. The summed E-state index contributed by atoms with van der Waals surface area (Å²) in [5.41, 5.74) is 0.975. The molecule has 1 aliphatic heterocycles. The van der Waals surface area contributed by atoms with Crippen molar-refractivity contribution in [1.82, 2.24) is 9.62 Å². The van der Waals surface area contributed by atoms with Crippen LogP contribution in [0.15, 0.2) is 46.0 Å². The summed E-state index contributed by atoms with van der Waals surface area (Å²) in [6, 6.07) is 10.7. The zero-order valence-corrected chi connectivity index (χ0v) is 17.1. The van der Waals surface area contributed by atoms with Gasteiger partial charge < -0.3 is 10.1 Å². The van der Waals surface area contributed by atoms with E-state index in [4.69, 9.17) is 4.74 Å². The Balaban J connectivity index is 1.64. The number of nitrogens with one attached hydrogen (secondary N) is 1. The van der Waals surface area contributed by atoms with Crippen LogP contribution in [0.25, 0.3) is 0 Å². The number of rotatable bonds is 6. The van der Waals surface area contributed by atoms with Gasteiger partial charge in [-0.1, -0.05) is 18.2 Å². The summed E-state index contributed by atoms with van der Waals surface area (Å²) >= 11 is 1.20. The maximum Gasteiger partial charge on any atom is 0.252 e. The Labute approximate surface area is 164 Å². The first-order valence-electron chi connectivity index (χ1n) is 8.90. The average Bonchev–Trinajstić information content (AvgIpc) is 3.24. The van der Waals surface area contributed by atoms with Crippen LogP contribution in [-0.2, 0) is 14.8 Å². The molecule has 1 N–H and O–H groups in total. The number of ether oxygens (including phenoxy) is 1. The predicted octanol–water partition coefficient (Wildman–Crippen LogP) is 3.03. The van der Waals surface area contributed by atoms with Crippen molar-refractivity contribution in [2.75, 3.05) is 20.2 Å². The minimum absolute atomic E-state index is 0.107. The number of hydrogen-bond acceptors (Lipinski definition) is 5. The summed E-state index contributed by atoms with van der Waals surface area (Å²) in [6.45, 7) is 2.60. The van der Waals surface area contributed by atoms with Crippen LogP contribution in [-0.4, -0.2) is 38.8 Å². The number of sulfonamides is 1. The van der Waals surface area contributed by atoms with E-state index in [9.17, 15) is 13.2 Å². The first-order valence-corrected chi connectivity index (χ1v) is 11.2. The number of hydrogen-bond donors (Lipinski definition) is 1. The minimum atomic E-state index is -3.52. The molecule has 3 rings (SSSR count). The molecule has 1 saturated heterocycles. The van der Waals surface area contributed by atoms with Gasteiger partial charge in [-0.05, 0) is 48.9 Å². The van der Waals surface area contributed by atoms with Gasteiger partial charge >= 0.3 is 0 Å². The van der Waals surface area contributed by atoms with Gasteiger partial charge in [-0.3, -0.25) is 4.79 Å². The lowest BCUT2D eigenvalue weighted by Gasteiger charge is -2.31. The van der Waals surface area contributed by atoms with Gasteiger partial charge in [0.2, 0.25) is 5.91 Å². The van der Waals surface area contributed by atoms with Crippen LogP contribution >= 0.6 is 11.3 Å². The molecular formula is C19H24N2O4S2. The highest BCUT2D eigenvalue weighted by Gasteiger charge is 2.34. The first-order chi connectivity index (χ1) is 12.9. The molecule has 0 unspecified atom stereocenters. The van der Waals surface area contributed by atoms with Crippen molar-refractivity contribution in [2.24, 2.45) is 5.92 Å². The summed E-state index contributed by atoms with van der Waals surface area (Å²) in [6.07, 6.45) is 1.37. The molecule has 146 valence electrons. The molecule has 0 saturated carbocycles. The van der Waals surface area contributed by atoms with E-state index in [1.165, 1.54) is 15.6 Å². The SMILES string of the molecule is COc1ccc([C@H](C)NC(=O)[C@H]2CCCN(S(=O)(=O)c3cccs3)C2)cc1. The summed E-state index contributed by atoms with van der Waals surface area (Å²) in [4.78, 5) is 12.7. The van der Waals surface area contributed by atoms with Crippen molar-refractivity contribution in [3.63, 3.8) is 0 Å². The highest BCUT2D eigenvalue weighted by molar-refractivity contribution is 7.91. The fraction of sp³-hybridized carbons (Fsp3) is 0.421. The molecule has 1 aromatic heterocycles. The molecule has 8 heteroatoms. The van der Waals surface area contributed by atoms with Gasteiger partial charge in [0.1, 0.15) is 9.96 Å². The van der Waals surface area contributed by atoms with Crippen LogP contribution in [0.1, 0.15) is 31.4 Å². The third kappa shape index (κ3) is 4.51. The highest BCUT2D eigenvalue weighted by Crippen LogP contribution is 2.27. The molecule has 0 radical (unpaired) electrons. The fourth-order valence-electron chi connectivity index (χ4n) is 3.22. The second-order valence-electron chi connectivity index (χ2n) is 6.64. The maximum absolute atomic E-state index is 12.7. The van der Waals surface area contributed by atoms with Gasteiger partial charge in [-0.15, -0.1) is 11.3 Å². The fourth-order valence-corrected chi connectivity index (χ4v) is 5.89. The van der Waals surface area contributed by atoms with E-state index in [1.807, 2.05) is 31.2 Å². The lowest BCUT2D eigenvalue weighted by atomic mass is 9.98. The van der Waals surface area contributed by atoms with E-state index in [0.29, 0.717) is 23.6 Å². The summed E-state index contributed by atoms with van der Waals surface area (Å²) in [5.74, 6) is 0.317. The Bertz CT molecular complexity index is 864. The zero-order valence-electron chi connectivity index (χ0n) is 15.4. The van der Waals surface area contributed by atoms with Gasteiger partial charge in [-0.2, -0.15) is 4.31 Å². The minimum Gasteiger partial charge on any atom is -0.497 e. The molecule has 1 amide bonds. The molecular weight excluding hydrogens is 384 g/mol. The summed E-state index contributed by atoms with van der Waals surface area (Å²) in [7, 11) is -1.91. The monoisotopic (exact) mass is 408 g/mol. The van der Waals surface area contributed by atoms with E-state index in [1.54, 1.807) is 24.6 Å². The molecule has 27 heavy (non-hydrogen) atoms. The Morgan fingerprint density at radius 3 is 2.67 bits per heavy atom. The summed E-state index contributed by atoms with van der Waals surface area (Å²) < 4.78 is 32.3. The van der Waals surface area contributed by atoms with Gasteiger partial charge in [0.25, 0.3) is 10.0 Å². The van der Waals surface area contributed by atoms with E-state index in [-0.39, 0.29) is 24.4 Å². The van der Waals surface area contributed by atoms with Crippen LogP contribution in [0, 0.1) is 5.92 Å². The van der Waals surface area contributed by atoms with Gasteiger partial charge in [-0.25, -0.2) is 8.42 Å². The largest absolute Gasteiger partial charge is 0.497 e. The number of thiophene rings is 1. The smallest absolute Gasteiger partial charge is 0.252 e. The average molecular weight is 409 g/mol. The third-order valence-corrected chi connectivity index (χ3v) is 8.06. The topological polar surface area (TPSA) is 75.7 Å². The molecule has 1 aromatic carbocycles. The molecule has 2 heterocycles. The quantitative estimate of drug-likeness (QED) is 0.797. The van der Waals surface area contributed by atoms with E-state index in [2.05, 4.69) is 5.32 Å². The van der Waals surface area contributed by atoms with Crippen LogP contribution in [0.2, 0.25) is 0 Å². The number of methoxy groups -OCH3 is 1. The number of carbonyl (C=O) groups excluding carboxylic acids is 1. The number of benzene rings is 1.